The van der Waals surface area contributed by atoms with Crippen LogP contribution >= 0.6 is 0 Å². The van der Waals surface area contributed by atoms with Gasteiger partial charge in [-0.1, -0.05) is 140 Å². The molecule has 13 rings (SSSR count). The van der Waals surface area contributed by atoms with Crippen molar-refractivity contribution in [3.63, 3.8) is 0 Å². The average Bonchev–Trinajstić information content (AvgIpc) is 3.87. The molecule has 0 saturated heterocycles. The molecular formula is C58H34F4N2O. The lowest BCUT2D eigenvalue weighted by molar-refractivity contribution is -0.136. The van der Waals surface area contributed by atoms with E-state index in [-0.39, 0.29) is 11.2 Å². The van der Waals surface area contributed by atoms with Crippen LogP contribution in [0.15, 0.2) is 211 Å². The summed E-state index contributed by atoms with van der Waals surface area (Å²) in [5, 5.41) is 5.04. The van der Waals surface area contributed by atoms with Crippen LogP contribution in [0.5, 0.6) is 0 Å². The normalized spacial score (nSPS) is 13.6. The lowest BCUT2D eigenvalue weighted by atomic mass is 9.64. The van der Waals surface area contributed by atoms with Crippen molar-refractivity contribution < 1.29 is 22.0 Å². The lowest BCUT2D eigenvalue weighted by Crippen LogP contribution is -2.36. The van der Waals surface area contributed by atoms with E-state index in [1.165, 1.54) is 18.2 Å². The van der Waals surface area contributed by atoms with Gasteiger partial charge in [0.15, 0.2) is 5.58 Å². The van der Waals surface area contributed by atoms with Gasteiger partial charge in [0.1, 0.15) is 11.4 Å². The smallest absolute Gasteiger partial charge is 0.420 e. The summed E-state index contributed by atoms with van der Waals surface area (Å²) in [4.78, 5) is 4.37. The largest absolute Gasteiger partial charge is 0.453 e. The van der Waals surface area contributed by atoms with Gasteiger partial charge in [-0.15, -0.1) is 0 Å². The number of anilines is 6. The Morgan fingerprint density at radius 3 is 1.75 bits per heavy atom. The highest BCUT2D eigenvalue weighted by Crippen LogP contribution is 2.66. The lowest BCUT2D eigenvalue weighted by Gasteiger charge is -2.45. The number of rotatable bonds is 4. The molecule has 2 heterocycles. The maximum absolute atomic E-state index is 14.9. The SMILES string of the molecule is Fc1ccc(N(c2cc3c(c4ccccc24)-c2c(ccc4ccccc24)C32c3ccccc3N(c3ccccc3)c3ccccc32)c2cccc3c2oc2c(C(F)(F)F)cccc23)cc1. The Labute approximate surface area is 370 Å². The minimum atomic E-state index is -4.64. The molecule has 0 saturated carbocycles. The second kappa shape index (κ2) is 13.7. The number of furan rings is 1. The second-order valence-corrected chi connectivity index (χ2v) is 16.8. The van der Waals surface area contributed by atoms with E-state index < -0.39 is 23.0 Å². The monoisotopic (exact) mass is 850 g/mol. The first-order chi connectivity index (χ1) is 31.8. The van der Waals surface area contributed by atoms with Crippen molar-refractivity contribution in [2.75, 3.05) is 9.80 Å². The van der Waals surface area contributed by atoms with E-state index in [9.17, 15) is 17.6 Å². The van der Waals surface area contributed by atoms with Crippen LogP contribution < -0.4 is 9.80 Å². The van der Waals surface area contributed by atoms with E-state index in [1.807, 2.05) is 29.2 Å². The van der Waals surface area contributed by atoms with Crippen LogP contribution in [0.25, 0.3) is 54.6 Å². The maximum atomic E-state index is 14.9. The first-order valence-corrected chi connectivity index (χ1v) is 21.5. The molecule has 1 aliphatic carbocycles. The zero-order valence-electron chi connectivity index (χ0n) is 34.4. The van der Waals surface area contributed by atoms with Gasteiger partial charge < -0.3 is 14.2 Å². The Morgan fingerprint density at radius 2 is 1.03 bits per heavy atom. The summed E-state index contributed by atoms with van der Waals surface area (Å²) in [6, 6.07) is 67.2. The molecule has 0 radical (unpaired) electrons. The first-order valence-electron chi connectivity index (χ1n) is 21.5. The summed E-state index contributed by atoms with van der Waals surface area (Å²) >= 11 is 0. The van der Waals surface area contributed by atoms with Gasteiger partial charge in [0.05, 0.1) is 33.7 Å². The molecule has 0 atom stereocenters. The molecule has 0 fully saturated rings. The Hall–Kier alpha value is -8.16. The third-order valence-electron chi connectivity index (χ3n) is 13.5. The van der Waals surface area contributed by atoms with Gasteiger partial charge in [-0.05, 0) is 116 Å². The fourth-order valence-corrected chi connectivity index (χ4v) is 11.0. The highest BCUT2D eigenvalue weighted by atomic mass is 19.4. The van der Waals surface area contributed by atoms with E-state index in [4.69, 9.17) is 4.42 Å². The minimum absolute atomic E-state index is 0.236. The van der Waals surface area contributed by atoms with E-state index in [1.54, 1.807) is 24.3 Å². The fraction of sp³-hybridized carbons (Fsp3) is 0.0345. The van der Waals surface area contributed by atoms with Crippen LogP contribution in [-0.2, 0) is 11.6 Å². The summed E-state index contributed by atoms with van der Waals surface area (Å²) in [6.45, 7) is 0. The molecular weight excluding hydrogens is 817 g/mol. The van der Waals surface area contributed by atoms with E-state index >= 15 is 0 Å². The number of halogens is 4. The number of hydrogen-bond donors (Lipinski definition) is 0. The maximum Gasteiger partial charge on any atom is 0.420 e. The van der Waals surface area contributed by atoms with Crippen molar-refractivity contribution in [1.29, 1.82) is 0 Å². The third kappa shape index (κ3) is 5.18. The van der Waals surface area contributed by atoms with Gasteiger partial charge in [0, 0.05) is 27.5 Å². The quantitative estimate of drug-likeness (QED) is 0.165. The zero-order chi connectivity index (χ0) is 43.6. The predicted octanol–water partition coefficient (Wildman–Crippen LogP) is 16.7. The van der Waals surface area contributed by atoms with E-state index in [0.29, 0.717) is 22.1 Å². The summed E-state index contributed by atoms with van der Waals surface area (Å²) in [5.74, 6) is -0.413. The Bertz CT molecular complexity index is 3700. The van der Waals surface area contributed by atoms with Crippen LogP contribution in [-0.4, -0.2) is 0 Å². The van der Waals surface area contributed by atoms with Gasteiger partial charge in [-0.3, -0.25) is 0 Å². The van der Waals surface area contributed by atoms with Crippen LogP contribution in [0.4, 0.5) is 51.7 Å². The summed E-state index contributed by atoms with van der Waals surface area (Å²) < 4.78 is 65.1. The zero-order valence-corrected chi connectivity index (χ0v) is 34.4. The Kier molecular flexibility index (Phi) is 7.86. The molecule has 11 aromatic rings. The number of para-hydroxylation sites is 5. The van der Waals surface area contributed by atoms with E-state index in [0.717, 1.165) is 83.7 Å². The highest BCUT2D eigenvalue weighted by molar-refractivity contribution is 6.18. The number of benzene rings is 10. The average molecular weight is 851 g/mol. The number of fused-ring (bicyclic) bond motifs is 16. The van der Waals surface area contributed by atoms with Crippen LogP contribution in [0.1, 0.15) is 27.8 Å². The van der Waals surface area contributed by atoms with Gasteiger partial charge in [-0.25, -0.2) is 4.39 Å². The van der Waals surface area contributed by atoms with Gasteiger partial charge >= 0.3 is 6.18 Å². The Balaban J connectivity index is 1.20. The van der Waals surface area contributed by atoms with Gasteiger partial charge in [0.25, 0.3) is 0 Å². The number of alkyl halides is 3. The van der Waals surface area contributed by atoms with Crippen LogP contribution in [0, 0.1) is 5.82 Å². The number of nitrogens with zero attached hydrogens (tertiary/aromatic N) is 2. The Morgan fingerprint density at radius 1 is 0.446 bits per heavy atom. The highest BCUT2D eigenvalue weighted by Gasteiger charge is 2.53. The summed E-state index contributed by atoms with van der Waals surface area (Å²) in [6.07, 6.45) is -4.64. The first kappa shape index (κ1) is 37.4. The molecule has 1 spiro atoms. The molecule has 3 nitrogen and oxygen atoms in total. The standard InChI is InChI=1S/C58H34F4N2O/c59-36-29-31-38(32-30-36)64(51-27-13-21-43-42-20-12-24-47(58(60,61)62)55(42)65-56(43)51)52-34-48-54(41-19-7-6-18-40(41)52)53-39-17-5-4-14-35(39)28-33-46(53)57(48)44-22-8-10-25-49(44)63(37-15-2-1-3-16-37)50-26-11-9-23-45(50)57/h1-34H. The molecule has 0 N–H and O–H groups in total. The van der Waals surface area contributed by atoms with Crippen molar-refractivity contribution in [2.24, 2.45) is 0 Å². The fourth-order valence-electron chi connectivity index (χ4n) is 11.0. The molecule has 1 aliphatic heterocycles. The summed E-state index contributed by atoms with van der Waals surface area (Å²) in [5.41, 5.74) is 9.99. The predicted molar refractivity (Wildman–Crippen MR) is 254 cm³/mol. The molecule has 0 unspecified atom stereocenters. The molecule has 65 heavy (non-hydrogen) atoms. The molecule has 2 aliphatic rings. The van der Waals surface area contributed by atoms with Crippen LogP contribution in [0.3, 0.4) is 0 Å². The van der Waals surface area contributed by atoms with Gasteiger partial charge in [-0.2, -0.15) is 13.2 Å². The number of hydrogen-bond acceptors (Lipinski definition) is 3. The molecule has 7 heteroatoms. The second-order valence-electron chi connectivity index (χ2n) is 16.8. The minimum Gasteiger partial charge on any atom is -0.453 e. The van der Waals surface area contributed by atoms with Crippen molar-refractivity contribution >= 4 is 77.6 Å². The van der Waals surface area contributed by atoms with Crippen LogP contribution in [0.2, 0.25) is 0 Å². The summed E-state index contributed by atoms with van der Waals surface area (Å²) in [7, 11) is 0. The van der Waals surface area contributed by atoms with Crippen molar-refractivity contribution in [1.82, 2.24) is 0 Å². The van der Waals surface area contributed by atoms with E-state index in [2.05, 4.69) is 138 Å². The molecule has 310 valence electrons. The van der Waals surface area contributed by atoms with Crippen molar-refractivity contribution in [3.05, 3.63) is 240 Å². The van der Waals surface area contributed by atoms with Crippen molar-refractivity contribution in [2.45, 2.75) is 11.6 Å². The molecule has 0 bridgehead atoms. The molecule has 10 aromatic carbocycles. The molecule has 0 amide bonds. The topological polar surface area (TPSA) is 19.6 Å². The molecule has 1 aromatic heterocycles. The third-order valence-corrected chi connectivity index (χ3v) is 13.5. The van der Waals surface area contributed by atoms with Gasteiger partial charge in [0.2, 0.25) is 0 Å². The van der Waals surface area contributed by atoms with Crippen molar-refractivity contribution in [3.8, 4) is 11.1 Å².